The van der Waals surface area contributed by atoms with E-state index in [-0.39, 0.29) is 41.9 Å². The van der Waals surface area contributed by atoms with Crippen LogP contribution in [0.2, 0.25) is 18.6 Å². The highest BCUT2D eigenvalue weighted by molar-refractivity contribution is 6.71. The van der Waals surface area contributed by atoms with Crippen LogP contribution in [0.3, 0.4) is 0 Å². The van der Waals surface area contributed by atoms with Gasteiger partial charge in [-0.2, -0.15) is 0 Å². The summed E-state index contributed by atoms with van der Waals surface area (Å²) in [5.74, 6) is -1.26. The molecule has 53 heavy (non-hydrogen) atoms. The number of aliphatic hydroxyl groups excluding tert-OH is 1. The number of aliphatic hydroxyl groups is 1. The molecule has 1 spiro atoms. The maximum Gasteiger partial charge on any atom is 0.305 e. The Morgan fingerprint density at radius 3 is 2.53 bits per heavy atom. The van der Waals surface area contributed by atoms with Crippen LogP contribution in [0, 0.1) is 5.92 Å². The number of aryl methyl sites for hydroxylation is 1. The number of rotatable bonds is 13. The Labute approximate surface area is 308 Å². The molecule has 0 aliphatic carbocycles. The van der Waals surface area contributed by atoms with Crippen molar-refractivity contribution in [2.45, 2.75) is 75.4 Å². The first-order valence-electron chi connectivity index (χ1n) is 18.2. The van der Waals surface area contributed by atoms with Gasteiger partial charge < -0.3 is 24.3 Å². The number of fused-ring (bicyclic) bond motifs is 3. The number of benzene rings is 3. The fourth-order valence-corrected chi connectivity index (χ4v) is 11.1. The maximum atomic E-state index is 14.9. The van der Waals surface area contributed by atoms with E-state index in [0.29, 0.717) is 65.9 Å². The highest BCUT2D eigenvalue weighted by Crippen LogP contribution is 2.60. The summed E-state index contributed by atoms with van der Waals surface area (Å²) < 4.78 is 15.1. The molecule has 0 bridgehead atoms. The van der Waals surface area contributed by atoms with E-state index in [4.69, 9.17) is 9.47 Å². The highest BCUT2D eigenvalue weighted by atomic mass is 28.4. The van der Waals surface area contributed by atoms with Crippen molar-refractivity contribution >= 4 is 36.8 Å². The van der Waals surface area contributed by atoms with Gasteiger partial charge in [0.05, 0.1) is 53.7 Å². The third kappa shape index (κ3) is 6.53. The van der Waals surface area contributed by atoms with Crippen molar-refractivity contribution < 1.29 is 29.0 Å². The van der Waals surface area contributed by atoms with Crippen LogP contribution in [0.5, 0.6) is 0 Å². The molecular weight excluding hydrogens is 693 g/mol. The van der Waals surface area contributed by atoms with Gasteiger partial charge in [-0.15, -0.1) is 5.10 Å². The topological polar surface area (TPSA) is 165 Å². The lowest BCUT2D eigenvalue weighted by Crippen LogP contribution is -2.46. The van der Waals surface area contributed by atoms with Gasteiger partial charge in [0.15, 0.2) is 13.9 Å². The van der Waals surface area contributed by atoms with E-state index in [0.717, 1.165) is 5.56 Å². The molecule has 14 heteroatoms. The molecule has 2 aromatic heterocycles. The number of hydrogen-bond donors (Lipinski definition) is 3. The summed E-state index contributed by atoms with van der Waals surface area (Å²) in [6, 6.07) is 22.5. The van der Waals surface area contributed by atoms with Crippen molar-refractivity contribution in [3.05, 3.63) is 106 Å². The summed E-state index contributed by atoms with van der Waals surface area (Å²) in [6.07, 6.45) is 3.13. The van der Waals surface area contributed by atoms with Crippen LogP contribution >= 0.6 is 0 Å². The molecule has 0 radical (unpaired) electrons. The summed E-state index contributed by atoms with van der Waals surface area (Å²) in [7, 11) is -1.60. The zero-order valence-electron chi connectivity index (χ0n) is 30.4. The Morgan fingerprint density at radius 1 is 1.06 bits per heavy atom. The van der Waals surface area contributed by atoms with Gasteiger partial charge in [0.25, 0.3) is 11.5 Å². The van der Waals surface area contributed by atoms with Crippen molar-refractivity contribution in [1.82, 2.24) is 24.8 Å². The van der Waals surface area contributed by atoms with Crippen LogP contribution in [-0.2, 0) is 31.2 Å². The number of aromatic amines is 1. The van der Waals surface area contributed by atoms with Crippen LogP contribution < -0.4 is 10.5 Å². The lowest BCUT2D eigenvalue weighted by atomic mass is 9.82. The quantitative estimate of drug-likeness (QED) is 0.0889. The third-order valence-corrected chi connectivity index (χ3v) is 13.5. The predicted octanol–water partition coefficient (Wildman–Crippen LogP) is 4.61. The second-order valence-corrected chi connectivity index (χ2v) is 18.7. The number of methoxy groups -OCH3 is 1. The fourth-order valence-electron chi connectivity index (χ4n) is 8.48. The Kier molecular flexibility index (Phi) is 9.98. The summed E-state index contributed by atoms with van der Waals surface area (Å²) in [5.41, 5.74) is 2.22. The van der Waals surface area contributed by atoms with Crippen LogP contribution in [-0.4, -0.2) is 81.2 Å². The van der Waals surface area contributed by atoms with Crippen molar-refractivity contribution in [3.63, 3.8) is 0 Å². The number of H-pyrrole nitrogens is 1. The molecule has 3 N–H and O–H groups in total. The highest BCUT2D eigenvalue weighted by Gasteiger charge is 2.66. The molecule has 13 nitrogen and oxygen atoms in total. The number of anilines is 1. The van der Waals surface area contributed by atoms with E-state index in [1.165, 1.54) is 11.8 Å². The van der Waals surface area contributed by atoms with E-state index in [2.05, 4.69) is 15.4 Å². The normalized spacial score (nSPS) is 21.8. The summed E-state index contributed by atoms with van der Waals surface area (Å²) in [5, 5.41) is 22.7. The lowest BCUT2D eigenvalue weighted by molar-refractivity contribution is -0.146. The van der Waals surface area contributed by atoms with E-state index < -0.39 is 25.9 Å². The molecule has 3 aromatic carbocycles. The number of aromatic nitrogens is 5. The molecule has 2 aliphatic rings. The molecule has 5 atom stereocenters. The number of nitrogens with zero attached hydrogens (tertiary/aromatic N) is 5. The molecule has 1 amide bonds. The molecule has 1 saturated heterocycles. The molecular formula is C39H46N6O7Si. The van der Waals surface area contributed by atoms with Crippen molar-refractivity contribution in [3.8, 4) is 5.69 Å². The number of nitrogens with one attached hydrogen (secondary N) is 1. The van der Waals surface area contributed by atoms with Crippen LogP contribution in [0.25, 0.3) is 16.6 Å². The minimum Gasteiger partial charge on any atom is -0.469 e. The first kappa shape index (κ1) is 36.5. The average Bonchev–Trinajstić information content (AvgIpc) is 3.89. The second kappa shape index (κ2) is 14.5. The number of amides is 1. The Bertz CT molecular complexity index is 2180. The minimum atomic E-state index is -2.96. The molecule has 1 unspecified atom stereocenters. The average molecular weight is 739 g/mol. The summed E-state index contributed by atoms with van der Waals surface area (Å²) in [4.78, 5) is 53.8. The van der Waals surface area contributed by atoms with Crippen molar-refractivity contribution in [2.24, 2.45) is 5.92 Å². The summed E-state index contributed by atoms with van der Waals surface area (Å²) >= 11 is 0. The number of para-hydroxylation sites is 1. The summed E-state index contributed by atoms with van der Waals surface area (Å²) in [6.45, 7) is 6.41. The van der Waals surface area contributed by atoms with Gasteiger partial charge in [0.1, 0.15) is 0 Å². The minimum absolute atomic E-state index is 0.117. The van der Waals surface area contributed by atoms with Gasteiger partial charge in [-0.1, -0.05) is 54.6 Å². The Balaban J connectivity index is 1.23. The molecule has 7 rings (SSSR count). The number of unbranched alkanes of at least 4 members (excludes halogenated alkanes) is 1. The lowest BCUT2D eigenvalue weighted by Gasteiger charge is -2.32. The van der Waals surface area contributed by atoms with Gasteiger partial charge >= 0.3 is 5.97 Å². The van der Waals surface area contributed by atoms with Gasteiger partial charge in [0, 0.05) is 42.7 Å². The SMILES string of the molecule is COC(=O)CCCCN1C(=O)[C@@]2(O[C@@H](CCn3cc(C(CO)c4ccccc4)nn3)[C@H]([Si](C)(C)O)[C@H]2C)c2cc(-n3[nH]c4ccccc4c3=O)ccc21. The van der Waals surface area contributed by atoms with Gasteiger partial charge in [-0.3, -0.25) is 24.2 Å². The van der Waals surface area contributed by atoms with E-state index in [1.54, 1.807) is 15.6 Å². The van der Waals surface area contributed by atoms with Gasteiger partial charge in [-0.25, -0.2) is 4.68 Å². The molecule has 278 valence electrons. The number of carbonyl (C=O) groups excluding carboxylic acids is 2. The van der Waals surface area contributed by atoms with Crippen molar-refractivity contribution in [2.75, 3.05) is 25.2 Å². The first-order chi connectivity index (χ1) is 25.5. The van der Waals surface area contributed by atoms with Gasteiger partial charge in [0.2, 0.25) is 0 Å². The zero-order valence-corrected chi connectivity index (χ0v) is 31.4. The van der Waals surface area contributed by atoms with E-state index in [9.17, 15) is 24.3 Å². The molecule has 0 saturated carbocycles. The van der Waals surface area contributed by atoms with Crippen LogP contribution in [0.15, 0.2) is 83.8 Å². The standard InChI is InChI=1S/C39H46N6O7Si/c1-25-36(53(3,4)50)34(19-21-43-23-32(40-42-43)29(24-46)26-12-6-5-7-13-26)52-39(25)30-22-27(45-37(48)28-14-8-9-15-31(28)41-45)17-18-33(30)44(38(39)49)20-11-10-16-35(47)51-2/h5-9,12-15,17-18,22-23,25,29,34,36,41,46,50H,10-11,16,19-21,24H2,1-4H3/t25-,29?,34+,36-,39+/m1/s1. The zero-order chi connectivity index (χ0) is 37.5. The Hall–Kier alpha value is -4.89. The van der Waals surface area contributed by atoms with E-state index in [1.807, 2.05) is 92.9 Å². The van der Waals surface area contributed by atoms with Crippen LogP contribution in [0.1, 0.15) is 55.3 Å². The first-order valence-corrected chi connectivity index (χ1v) is 21.2. The molecule has 4 heterocycles. The predicted molar refractivity (Wildman–Crippen MR) is 201 cm³/mol. The monoisotopic (exact) mass is 738 g/mol. The van der Waals surface area contributed by atoms with Crippen LogP contribution in [0.4, 0.5) is 5.69 Å². The number of carbonyl (C=O) groups is 2. The third-order valence-electron chi connectivity index (χ3n) is 11.0. The number of ether oxygens (including phenoxy) is 2. The molecule has 1 fully saturated rings. The van der Waals surface area contributed by atoms with Crippen molar-refractivity contribution in [1.29, 1.82) is 0 Å². The largest absolute Gasteiger partial charge is 0.469 e. The second-order valence-electron chi connectivity index (χ2n) is 14.7. The Morgan fingerprint density at radius 2 is 1.81 bits per heavy atom. The maximum absolute atomic E-state index is 14.9. The molecule has 2 aliphatic heterocycles. The number of hydrogen-bond acceptors (Lipinski definition) is 9. The van der Waals surface area contributed by atoms with Gasteiger partial charge in [-0.05, 0) is 68.3 Å². The number of esters is 1. The molecule has 5 aromatic rings. The fraction of sp³-hybridized carbons (Fsp3) is 0.410. The smallest absolute Gasteiger partial charge is 0.305 e. The van der Waals surface area contributed by atoms with E-state index >= 15 is 0 Å².